The summed E-state index contributed by atoms with van der Waals surface area (Å²) in [6, 6.07) is 18.1. The van der Waals surface area contributed by atoms with Gasteiger partial charge in [0.15, 0.2) is 5.82 Å². The lowest BCUT2D eigenvalue weighted by Gasteiger charge is -2.41. The van der Waals surface area contributed by atoms with E-state index in [1.165, 1.54) is 16.7 Å². The highest BCUT2D eigenvalue weighted by Gasteiger charge is 2.43. The largest absolute Gasteiger partial charge is 0.334 e. The average molecular weight is 357 g/mol. The minimum Gasteiger partial charge on any atom is -0.334 e. The van der Waals surface area contributed by atoms with Crippen LogP contribution in [0.1, 0.15) is 43.2 Å². The number of nitrogens with zero attached hydrogens (tertiary/aromatic N) is 2. The molecule has 1 saturated carbocycles. The SMILES string of the molecule is Nn1c(-c2ccccc2)nc2c(c1=O)C1(CCCCC1)Cc1ccccc1-2. The van der Waals surface area contributed by atoms with E-state index in [4.69, 9.17) is 10.8 Å². The molecule has 3 aromatic rings. The van der Waals surface area contributed by atoms with Gasteiger partial charge in [-0.3, -0.25) is 4.79 Å². The fourth-order valence-corrected chi connectivity index (χ4v) is 5.01. The van der Waals surface area contributed by atoms with Crippen molar-refractivity contribution in [2.45, 2.75) is 43.9 Å². The van der Waals surface area contributed by atoms with Gasteiger partial charge in [-0.2, -0.15) is 0 Å². The lowest BCUT2D eigenvalue weighted by atomic mass is 9.62. The Balaban J connectivity index is 1.83. The lowest BCUT2D eigenvalue weighted by Crippen LogP contribution is -2.44. The second-order valence-electron chi connectivity index (χ2n) is 7.88. The van der Waals surface area contributed by atoms with Gasteiger partial charge in [-0.15, -0.1) is 0 Å². The summed E-state index contributed by atoms with van der Waals surface area (Å²) in [6.07, 6.45) is 6.55. The molecule has 2 N–H and O–H groups in total. The van der Waals surface area contributed by atoms with Gasteiger partial charge in [-0.05, 0) is 24.8 Å². The fraction of sp³-hybridized carbons (Fsp3) is 0.304. The van der Waals surface area contributed by atoms with Crippen LogP contribution in [0.5, 0.6) is 0 Å². The van der Waals surface area contributed by atoms with Crippen molar-refractivity contribution in [1.82, 2.24) is 9.66 Å². The lowest BCUT2D eigenvalue weighted by molar-refractivity contribution is 0.284. The van der Waals surface area contributed by atoms with Gasteiger partial charge in [0.25, 0.3) is 5.56 Å². The van der Waals surface area contributed by atoms with Crippen LogP contribution in [-0.2, 0) is 11.8 Å². The molecule has 1 heterocycles. The molecule has 2 aromatic carbocycles. The summed E-state index contributed by atoms with van der Waals surface area (Å²) in [5.74, 6) is 6.82. The molecule has 4 heteroatoms. The Labute approximate surface area is 158 Å². The summed E-state index contributed by atoms with van der Waals surface area (Å²) in [4.78, 5) is 18.5. The van der Waals surface area contributed by atoms with Gasteiger partial charge in [0, 0.05) is 16.5 Å². The Morgan fingerprint density at radius 2 is 1.63 bits per heavy atom. The van der Waals surface area contributed by atoms with Crippen molar-refractivity contribution in [1.29, 1.82) is 0 Å². The first-order valence-electron chi connectivity index (χ1n) is 9.76. The molecule has 136 valence electrons. The first-order chi connectivity index (χ1) is 13.2. The van der Waals surface area contributed by atoms with E-state index in [2.05, 4.69) is 18.2 Å². The molecule has 0 bridgehead atoms. The molecule has 1 fully saturated rings. The molecular formula is C23H23N3O. The zero-order valence-electron chi connectivity index (χ0n) is 15.3. The van der Waals surface area contributed by atoms with Crippen molar-refractivity contribution in [2.24, 2.45) is 0 Å². The zero-order chi connectivity index (χ0) is 18.4. The van der Waals surface area contributed by atoms with Crippen LogP contribution in [0.25, 0.3) is 22.6 Å². The molecule has 0 atom stereocenters. The standard InChI is InChI=1S/C23H23N3O/c24-26-21(16-9-3-1-4-10-16)25-20-18-12-6-5-11-17(18)15-23(19(20)22(26)27)13-7-2-8-14-23/h1,3-6,9-12H,2,7-8,13-15,24H2. The van der Waals surface area contributed by atoms with E-state index >= 15 is 0 Å². The predicted molar refractivity (Wildman–Crippen MR) is 108 cm³/mol. The minimum atomic E-state index is -0.123. The van der Waals surface area contributed by atoms with E-state index < -0.39 is 0 Å². The van der Waals surface area contributed by atoms with Crippen molar-refractivity contribution in [3.8, 4) is 22.6 Å². The van der Waals surface area contributed by atoms with Crippen LogP contribution >= 0.6 is 0 Å². The molecule has 1 aromatic heterocycles. The van der Waals surface area contributed by atoms with Gasteiger partial charge < -0.3 is 5.84 Å². The first kappa shape index (κ1) is 16.3. The molecule has 1 spiro atoms. The van der Waals surface area contributed by atoms with E-state index in [0.717, 1.165) is 54.5 Å². The van der Waals surface area contributed by atoms with Gasteiger partial charge in [-0.1, -0.05) is 73.9 Å². The molecule has 4 nitrogen and oxygen atoms in total. The van der Waals surface area contributed by atoms with E-state index in [1.54, 1.807) is 0 Å². The topological polar surface area (TPSA) is 60.9 Å². The summed E-state index contributed by atoms with van der Waals surface area (Å²) >= 11 is 0. The highest BCUT2D eigenvalue weighted by atomic mass is 16.1. The Morgan fingerprint density at radius 3 is 2.41 bits per heavy atom. The molecule has 2 aliphatic carbocycles. The van der Waals surface area contributed by atoms with Crippen molar-refractivity contribution < 1.29 is 0 Å². The quantitative estimate of drug-likeness (QED) is 0.669. The van der Waals surface area contributed by atoms with E-state index in [9.17, 15) is 4.79 Å². The Bertz CT molecular complexity index is 1060. The first-order valence-corrected chi connectivity index (χ1v) is 9.76. The zero-order valence-corrected chi connectivity index (χ0v) is 15.3. The molecule has 2 aliphatic rings. The second-order valence-corrected chi connectivity index (χ2v) is 7.88. The van der Waals surface area contributed by atoms with Crippen molar-refractivity contribution >= 4 is 0 Å². The minimum absolute atomic E-state index is 0.0877. The van der Waals surface area contributed by atoms with Crippen molar-refractivity contribution in [3.05, 3.63) is 76.1 Å². The summed E-state index contributed by atoms with van der Waals surface area (Å²) in [5, 5.41) is 0. The summed E-state index contributed by atoms with van der Waals surface area (Å²) in [6.45, 7) is 0. The Hall–Kier alpha value is -2.88. The van der Waals surface area contributed by atoms with Crippen LogP contribution in [0, 0.1) is 0 Å². The summed E-state index contributed by atoms with van der Waals surface area (Å²) in [5.41, 5.74) is 4.71. The molecule has 0 amide bonds. The molecular weight excluding hydrogens is 334 g/mol. The number of aromatic nitrogens is 2. The molecule has 0 saturated heterocycles. The highest BCUT2D eigenvalue weighted by molar-refractivity contribution is 5.73. The number of nitrogens with two attached hydrogens (primary N) is 1. The maximum absolute atomic E-state index is 13.5. The smallest absolute Gasteiger partial charge is 0.276 e. The highest BCUT2D eigenvalue weighted by Crippen LogP contribution is 2.48. The van der Waals surface area contributed by atoms with Crippen molar-refractivity contribution in [3.63, 3.8) is 0 Å². The second kappa shape index (κ2) is 6.08. The molecule has 0 radical (unpaired) electrons. The average Bonchev–Trinajstić information content (AvgIpc) is 2.71. The number of rotatable bonds is 1. The number of hydrogen-bond acceptors (Lipinski definition) is 3. The molecule has 27 heavy (non-hydrogen) atoms. The van der Waals surface area contributed by atoms with Crippen LogP contribution in [0.4, 0.5) is 0 Å². The maximum atomic E-state index is 13.5. The van der Waals surface area contributed by atoms with Crippen LogP contribution < -0.4 is 11.4 Å². The number of hydrogen-bond donors (Lipinski definition) is 1. The van der Waals surface area contributed by atoms with Gasteiger partial charge >= 0.3 is 0 Å². The maximum Gasteiger partial charge on any atom is 0.276 e. The molecule has 0 unspecified atom stereocenters. The fourth-order valence-electron chi connectivity index (χ4n) is 5.01. The number of fused-ring (bicyclic) bond motifs is 4. The predicted octanol–water partition coefficient (Wildman–Crippen LogP) is 4.05. The van der Waals surface area contributed by atoms with Crippen molar-refractivity contribution in [2.75, 3.05) is 5.84 Å². The number of nitrogen functional groups attached to an aromatic ring is 1. The van der Waals surface area contributed by atoms with Gasteiger partial charge in [0.05, 0.1) is 11.3 Å². The molecule has 5 rings (SSSR count). The van der Waals surface area contributed by atoms with Crippen LogP contribution in [-0.4, -0.2) is 9.66 Å². The number of benzene rings is 2. The summed E-state index contributed by atoms with van der Waals surface area (Å²) < 4.78 is 1.26. The third kappa shape index (κ3) is 2.43. The third-order valence-electron chi connectivity index (χ3n) is 6.29. The monoisotopic (exact) mass is 357 g/mol. The van der Waals surface area contributed by atoms with Crippen LogP contribution in [0.3, 0.4) is 0 Å². The van der Waals surface area contributed by atoms with E-state index in [1.807, 2.05) is 36.4 Å². The normalized spacial score (nSPS) is 17.3. The van der Waals surface area contributed by atoms with Gasteiger partial charge in [0.1, 0.15) is 0 Å². The van der Waals surface area contributed by atoms with Crippen LogP contribution in [0.15, 0.2) is 59.4 Å². The van der Waals surface area contributed by atoms with Crippen LogP contribution in [0.2, 0.25) is 0 Å². The van der Waals surface area contributed by atoms with Gasteiger partial charge in [-0.25, -0.2) is 9.66 Å². The summed E-state index contributed by atoms with van der Waals surface area (Å²) in [7, 11) is 0. The third-order valence-corrected chi connectivity index (χ3v) is 6.29. The van der Waals surface area contributed by atoms with Gasteiger partial charge in [0.2, 0.25) is 0 Å². The van der Waals surface area contributed by atoms with E-state index in [0.29, 0.717) is 5.82 Å². The Kier molecular flexibility index (Phi) is 3.67. The van der Waals surface area contributed by atoms with E-state index in [-0.39, 0.29) is 11.0 Å². The molecule has 0 aliphatic heterocycles. The Morgan fingerprint density at radius 1 is 0.926 bits per heavy atom.